The predicted molar refractivity (Wildman–Crippen MR) is 134 cm³/mol. The Balaban J connectivity index is 1.45. The van der Waals surface area contributed by atoms with Crippen molar-refractivity contribution in [1.29, 1.82) is 5.26 Å². The number of allylic oxidation sites excluding steroid dienone is 1. The van der Waals surface area contributed by atoms with Crippen molar-refractivity contribution < 1.29 is 4.74 Å². The lowest BCUT2D eigenvalue weighted by Gasteiger charge is -2.07. The maximum absolute atomic E-state index is 9.18. The van der Waals surface area contributed by atoms with Gasteiger partial charge < -0.3 is 10.1 Å². The van der Waals surface area contributed by atoms with Gasteiger partial charge in [-0.05, 0) is 35.9 Å². The molecule has 0 saturated heterocycles. The Kier molecular flexibility index (Phi) is 14.1. The van der Waals surface area contributed by atoms with Crippen LogP contribution in [0.2, 0.25) is 0 Å². The van der Waals surface area contributed by atoms with Crippen molar-refractivity contribution in [2.45, 2.75) is 96.8 Å². The number of ether oxygens (including phenoxy) is 1. The van der Waals surface area contributed by atoms with Crippen LogP contribution in [0, 0.1) is 11.3 Å². The summed E-state index contributed by atoms with van der Waals surface area (Å²) in [5.74, 6) is 1.12. The van der Waals surface area contributed by atoms with Gasteiger partial charge in [0.15, 0.2) is 0 Å². The summed E-state index contributed by atoms with van der Waals surface area (Å²) in [4.78, 5) is 0. The Morgan fingerprint density at radius 2 is 1.48 bits per heavy atom. The Labute approximate surface area is 199 Å². The zero-order valence-electron chi connectivity index (χ0n) is 20.2. The molecule has 0 atom stereocenters. The molecule has 2 aromatic rings. The number of aromatic nitrogens is 4. The highest BCUT2D eigenvalue weighted by Crippen LogP contribution is 2.18. The predicted octanol–water partition coefficient (Wildman–Crippen LogP) is 7.04. The Morgan fingerprint density at radius 3 is 2.00 bits per heavy atom. The second kappa shape index (κ2) is 17.6. The first-order valence-electron chi connectivity index (χ1n) is 12.7. The van der Waals surface area contributed by atoms with Gasteiger partial charge in [-0.2, -0.15) is 10.5 Å². The fraction of sp³-hybridized carbons (Fsp3) is 0.615. The average molecular weight is 453 g/mol. The normalized spacial score (nSPS) is 11.3. The molecule has 0 aliphatic carbocycles. The molecule has 0 fully saturated rings. The third-order valence-corrected chi connectivity index (χ3v) is 5.71. The van der Waals surface area contributed by atoms with E-state index in [1.54, 1.807) is 6.20 Å². The van der Waals surface area contributed by atoms with E-state index in [1.165, 1.54) is 83.5 Å². The summed E-state index contributed by atoms with van der Waals surface area (Å²) in [6.07, 6.45) is 20.6. The molecule has 0 saturated carbocycles. The largest absolute Gasteiger partial charge is 0.494 e. The zero-order chi connectivity index (χ0) is 23.4. The number of aromatic amines is 1. The van der Waals surface area contributed by atoms with E-state index < -0.39 is 0 Å². The molecule has 2 rings (SSSR count). The number of anilines is 1. The number of unbranched alkanes of at least 4 members (excludes halogenated alkanes) is 13. The first kappa shape index (κ1) is 26.4. The summed E-state index contributed by atoms with van der Waals surface area (Å²) in [5, 5.41) is 25.7. The lowest BCUT2D eigenvalue weighted by molar-refractivity contribution is 0.304. The molecule has 0 bridgehead atoms. The van der Waals surface area contributed by atoms with Crippen LogP contribution in [0.25, 0.3) is 5.57 Å². The third-order valence-electron chi connectivity index (χ3n) is 5.71. The maximum Gasteiger partial charge on any atom is 0.216 e. The van der Waals surface area contributed by atoms with Gasteiger partial charge >= 0.3 is 0 Å². The molecule has 1 aromatic carbocycles. The van der Waals surface area contributed by atoms with Gasteiger partial charge in [0.05, 0.1) is 6.61 Å². The van der Waals surface area contributed by atoms with Gasteiger partial charge in [0.2, 0.25) is 5.82 Å². The van der Waals surface area contributed by atoms with Crippen molar-refractivity contribution in [3.63, 3.8) is 0 Å². The summed E-state index contributed by atoms with van der Waals surface area (Å²) in [7, 11) is 0. The minimum Gasteiger partial charge on any atom is -0.494 e. The second-order valence-electron chi connectivity index (χ2n) is 8.52. The molecular formula is C26H40N6O. The number of nitrogens with one attached hydrogen (secondary N) is 2. The molecule has 0 radical (unpaired) electrons. The molecule has 180 valence electrons. The van der Waals surface area contributed by atoms with E-state index in [4.69, 9.17) is 4.74 Å². The molecule has 2 N–H and O–H groups in total. The van der Waals surface area contributed by atoms with Crippen molar-refractivity contribution in [3.8, 4) is 11.8 Å². The van der Waals surface area contributed by atoms with Gasteiger partial charge in [0.25, 0.3) is 0 Å². The van der Waals surface area contributed by atoms with Crippen LogP contribution in [0.15, 0.2) is 30.5 Å². The van der Waals surface area contributed by atoms with Gasteiger partial charge in [0.1, 0.15) is 17.4 Å². The van der Waals surface area contributed by atoms with Crippen molar-refractivity contribution in [1.82, 2.24) is 20.6 Å². The number of tetrazole rings is 1. The monoisotopic (exact) mass is 452 g/mol. The topological polar surface area (TPSA) is 99.5 Å². The van der Waals surface area contributed by atoms with Crippen molar-refractivity contribution in [3.05, 3.63) is 36.3 Å². The van der Waals surface area contributed by atoms with E-state index in [9.17, 15) is 5.26 Å². The van der Waals surface area contributed by atoms with Crippen LogP contribution in [0.5, 0.6) is 5.75 Å². The molecule has 1 aromatic heterocycles. The van der Waals surface area contributed by atoms with E-state index in [-0.39, 0.29) is 5.82 Å². The molecule has 0 unspecified atom stereocenters. The first-order chi connectivity index (χ1) is 16.3. The number of nitrogens with zero attached hydrogens (tertiary/aromatic N) is 4. The lowest BCUT2D eigenvalue weighted by Crippen LogP contribution is -1.98. The van der Waals surface area contributed by atoms with Gasteiger partial charge in [-0.1, -0.05) is 90.4 Å². The van der Waals surface area contributed by atoms with Gasteiger partial charge in [-0.15, -0.1) is 10.2 Å². The number of hydrogen-bond donors (Lipinski definition) is 2. The molecule has 0 aliphatic heterocycles. The fourth-order valence-electron chi connectivity index (χ4n) is 3.71. The zero-order valence-corrected chi connectivity index (χ0v) is 20.2. The standard InChI is InChI=1S/C26H40N6O/c1-2-3-4-5-6-7-8-9-10-11-12-13-14-15-20-33-25-18-16-24(17-19-25)28-22-23(21-27)26-29-31-32-30-26/h16-19,22,28H,2-15,20H2,1H3,(H,29,30,31,32). The second-order valence-corrected chi connectivity index (χ2v) is 8.52. The summed E-state index contributed by atoms with van der Waals surface area (Å²) >= 11 is 0. The van der Waals surface area contributed by atoms with Crippen molar-refractivity contribution in [2.24, 2.45) is 0 Å². The number of rotatable bonds is 19. The molecule has 0 amide bonds. The lowest BCUT2D eigenvalue weighted by atomic mass is 10.0. The van der Waals surface area contributed by atoms with Crippen LogP contribution >= 0.6 is 0 Å². The summed E-state index contributed by atoms with van der Waals surface area (Å²) in [6, 6.07) is 9.75. The molecule has 1 heterocycles. The molecule has 33 heavy (non-hydrogen) atoms. The van der Waals surface area contributed by atoms with Crippen LogP contribution in [0.4, 0.5) is 5.69 Å². The molecular weight excluding hydrogens is 412 g/mol. The molecule has 7 nitrogen and oxygen atoms in total. The summed E-state index contributed by atoms with van der Waals surface area (Å²) in [6.45, 7) is 3.03. The highest BCUT2D eigenvalue weighted by Gasteiger charge is 2.05. The quantitative estimate of drug-likeness (QED) is 0.175. The van der Waals surface area contributed by atoms with Gasteiger partial charge in [-0.25, -0.2) is 0 Å². The molecule has 0 spiro atoms. The highest BCUT2D eigenvalue weighted by atomic mass is 16.5. The van der Waals surface area contributed by atoms with Crippen molar-refractivity contribution in [2.75, 3.05) is 11.9 Å². The summed E-state index contributed by atoms with van der Waals surface area (Å²) in [5.41, 5.74) is 1.16. The van der Waals surface area contributed by atoms with Gasteiger partial charge in [-0.3, -0.25) is 0 Å². The van der Waals surface area contributed by atoms with Gasteiger partial charge in [0, 0.05) is 11.9 Å². The Hall–Kier alpha value is -2.88. The minimum atomic E-state index is 0.262. The van der Waals surface area contributed by atoms with E-state index in [1.807, 2.05) is 30.3 Å². The van der Waals surface area contributed by atoms with Crippen LogP contribution in [-0.2, 0) is 0 Å². The van der Waals surface area contributed by atoms with E-state index >= 15 is 0 Å². The number of benzene rings is 1. The van der Waals surface area contributed by atoms with Crippen molar-refractivity contribution >= 4 is 11.3 Å². The minimum absolute atomic E-state index is 0.262. The number of H-pyrrole nitrogens is 1. The molecule has 0 aliphatic rings. The Morgan fingerprint density at radius 1 is 0.909 bits per heavy atom. The maximum atomic E-state index is 9.18. The SMILES string of the molecule is CCCCCCCCCCCCCCCCOc1ccc(NC=C(C#N)c2nn[nH]n2)cc1. The van der Waals surface area contributed by atoms with Crippen LogP contribution in [-0.4, -0.2) is 27.2 Å². The first-order valence-corrected chi connectivity index (χ1v) is 12.7. The fourth-order valence-corrected chi connectivity index (χ4v) is 3.71. The van der Waals surface area contributed by atoms with Crippen LogP contribution in [0.1, 0.15) is 103 Å². The van der Waals surface area contributed by atoms with Crippen LogP contribution in [0.3, 0.4) is 0 Å². The smallest absolute Gasteiger partial charge is 0.216 e. The van der Waals surface area contributed by atoms with E-state index in [2.05, 4.69) is 32.9 Å². The molecule has 7 heteroatoms. The van der Waals surface area contributed by atoms with Crippen LogP contribution < -0.4 is 10.1 Å². The third kappa shape index (κ3) is 12.1. The van der Waals surface area contributed by atoms with E-state index in [0.717, 1.165) is 24.5 Å². The highest BCUT2D eigenvalue weighted by molar-refractivity contribution is 5.74. The summed E-state index contributed by atoms with van der Waals surface area (Å²) < 4.78 is 5.85. The Bertz CT molecular complexity index is 795. The number of hydrogen-bond acceptors (Lipinski definition) is 6. The number of nitriles is 1. The average Bonchev–Trinajstić information content (AvgIpc) is 3.38. The van der Waals surface area contributed by atoms with E-state index in [0.29, 0.717) is 5.57 Å².